The maximum absolute atomic E-state index is 14.6. The van der Waals surface area contributed by atoms with Crippen LogP contribution < -0.4 is 10.6 Å². The minimum Gasteiger partial charge on any atom is -0.306 e. The van der Waals surface area contributed by atoms with E-state index in [1.54, 1.807) is 0 Å². The Labute approximate surface area is 163 Å². The molecule has 0 aromatic heterocycles. The Bertz CT molecular complexity index is 868. The van der Waals surface area contributed by atoms with Crippen molar-refractivity contribution in [2.75, 3.05) is 0 Å². The van der Waals surface area contributed by atoms with E-state index < -0.39 is 12.6 Å². The highest BCUT2D eigenvalue weighted by atomic mass is 31.2. The third kappa shape index (κ3) is 3.05. The van der Waals surface area contributed by atoms with Gasteiger partial charge in [0, 0.05) is 16.0 Å². The van der Waals surface area contributed by atoms with Crippen LogP contribution in [0.2, 0.25) is 0 Å². The van der Waals surface area contributed by atoms with E-state index >= 15 is 0 Å². The molecular weight excluding hydrogens is 351 g/mol. The zero-order valence-electron chi connectivity index (χ0n) is 16.9. The molecule has 3 rings (SSSR count). The lowest BCUT2D eigenvalue weighted by Gasteiger charge is -2.50. The van der Waals surface area contributed by atoms with Gasteiger partial charge in [0.05, 0.1) is 0 Å². The first-order chi connectivity index (χ1) is 12.6. The number of benzene rings is 2. The highest BCUT2D eigenvalue weighted by Crippen LogP contribution is 2.61. The molecule has 0 N–H and O–H groups in total. The summed E-state index contributed by atoms with van der Waals surface area (Å²) >= 11 is 0. The van der Waals surface area contributed by atoms with E-state index in [-0.39, 0.29) is 16.9 Å². The Morgan fingerprint density at radius 3 is 1.78 bits per heavy atom. The SMILES string of the molecule is CC1=CC(C)[C@@](C)(C(=O)P(=O)(c2ccccc2)c2ccccc2)C(C)(C)C1. The Morgan fingerprint density at radius 2 is 1.37 bits per heavy atom. The zero-order valence-corrected chi connectivity index (χ0v) is 17.8. The molecule has 142 valence electrons. The van der Waals surface area contributed by atoms with Gasteiger partial charge >= 0.3 is 0 Å². The van der Waals surface area contributed by atoms with Crippen molar-refractivity contribution in [3.63, 3.8) is 0 Å². The molecule has 27 heavy (non-hydrogen) atoms. The highest BCUT2D eigenvalue weighted by Gasteiger charge is 2.57. The van der Waals surface area contributed by atoms with Crippen LogP contribution in [-0.4, -0.2) is 5.52 Å². The fourth-order valence-electron chi connectivity index (χ4n) is 4.62. The molecule has 3 heteroatoms. The van der Waals surface area contributed by atoms with Gasteiger partial charge in [-0.15, -0.1) is 0 Å². The van der Waals surface area contributed by atoms with Gasteiger partial charge < -0.3 is 4.57 Å². The summed E-state index contributed by atoms with van der Waals surface area (Å²) in [7, 11) is -3.45. The molecule has 0 aliphatic heterocycles. The molecule has 0 fully saturated rings. The number of hydrogen-bond donors (Lipinski definition) is 0. The molecule has 0 saturated carbocycles. The second kappa shape index (κ2) is 6.91. The van der Waals surface area contributed by atoms with E-state index in [1.165, 1.54) is 5.57 Å². The Hall–Kier alpha value is -1.92. The van der Waals surface area contributed by atoms with E-state index in [1.807, 2.05) is 67.6 Å². The minimum absolute atomic E-state index is 0.0227. The van der Waals surface area contributed by atoms with Crippen molar-refractivity contribution in [2.45, 2.75) is 41.0 Å². The summed E-state index contributed by atoms with van der Waals surface area (Å²) in [5.41, 5.74) is 0.176. The van der Waals surface area contributed by atoms with Crippen molar-refractivity contribution in [2.24, 2.45) is 16.7 Å². The number of rotatable bonds is 4. The minimum atomic E-state index is -3.45. The van der Waals surface area contributed by atoms with E-state index in [2.05, 4.69) is 33.8 Å². The third-order valence-electron chi connectivity index (χ3n) is 6.54. The lowest BCUT2D eigenvalue weighted by Crippen LogP contribution is -2.50. The van der Waals surface area contributed by atoms with Gasteiger partial charge in [0.25, 0.3) is 0 Å². The number of carbonyl (C=O) groups is 1. The molecule has 2 aromatic carbocycles. The summed E-state index contributed by atoms with van der Waals surface area (Å²) in [6.45, 7) is 10.5. The summed E-state index contributed by atoms with van der Waals surface area (Å²) in [4.78, 5) is 14.2. The molecule has 0 amide bonds. The van der Waals surface area contributed by atoms with Gasteiger partial charge in [-0.2, -0.15) is 0 Å². The van der Waals surface area contributed by atoms with Gasteiger partial charge in [0.1, 0.15) is 0 Å². The van der Waals surface area contributed by atoms with Crippen LogP contribution in [0, 0.1) is 16.7 Å². The van der Waals surface area contributed by atoms with Gasteiger partial charge in [-0.1, -0.05) is 100 Å². The maximum Gasteiger partial charge on any atom is 0.207 e. The molecule has 2 nitrogen and oxygen atoms in total. The smallest absolute Gasteiger partial charge is 0.207 e. The van der Waals surface area contributed by atoms with Crippen LogP contribution in [-0.2, 0) is 9.36 Å². The summed E-state index contributed by atoms with van der Waals surface area (Å²) < 4.78 is 14.6. The van der Waals surface area contributed by atoms with Crippen LogP contribution in [0.15, 0.2) is 72.3 Å². The van der Waals surface area contributed by atoms with Gasteiger partial charge in [-0.25, -0.2) is 0 Å². The largest absolute Gasteiger partial charge is 0.306 e. The zero-order chi connectivity index (χ0) is 19.9. The number of hydrogen-bond acceptors (Lipinski definition) is 2. The predicted octanol–water partition coefficient (Wildman–Crippen LogP) is 5.55. The van der Waals surface area contributed by atoms with E-state index in [9.17, 15) is 9.36 Å². The van der Waals surface area contributed by atoms with Crippen molar-refractivity contribution in [3.8, 4) is 0 Å². The van der Waals surface area contributed by atoms with Crippen LogP contribution in [0.3, 0.4) is 0 Å². The molecular formula is C24H29O2P. The van der Waals surface area contributed by atoms with Crippen molar-refractivity contribution < 1.29 is 9.36 Å². The summed E-state index contributed by atoms with van der Waals surface area (Å²) in [5, 5.41) is 1.24. The van der Waals surface area contributed by atoms with Crippen molar-refractivity contribution in [1.82, 2.24) is 0 Å². The van der Waals surface area contributed by atoms with Gasteiger partial charge in [0.2, 0.25) is 12.7 Å². The van der Waals surface area contributed by atoms with E-state index in [4.69, 9.17) is 0 Å². The van der Waals surface area contributed by atoms with Gasteiger partial charge in [-0.3, -0.25) is 4.79 Å². The summed E-state index contributed by atoms with van der Waals surface area (Å²) in [5.74, 6) is 0.0227. The molecule has 2 atom stereocenters. The monoisotopic (exact) mass is 380 g/mol. The Balaban J connectivity index is 2.25. The van der Waals surface area contributed by atoms with Crippen molar-refractivity contribution in [3.05, 3.63) is 72.3 Å². The number of allylic oxidation sites excluding steroid dienone is 2. The first-order valence-corrected chi connectivity index (χ1v) is 11.3. The quantitative estimate of drug-likeness (QED) is 0.515. The molecule has 0 saturated heterocycles. The molecule has 0 bridgehead atoms. The van der Waals surface area contributed by atoms with Gasteiger partial charge in [-0.05, 0) is 24.7 Å². The standard InChI is InChI=1S/C24H29O2P/c1-18-16-19(2)24(5,23(3,4)17-18)22(25)27(26,20-12-8-6-9-13-20)21-14-10-7-11-15-21/h6-16,19H,17H2,1-5H3/t19?,24-/m0/s1. The van der Waals surface area contributed by atoms with Crippen LogP contribution in [0.5, 0.6) is 0 Å². The molecule has 0 radical (unpaired) electrons. The van der Waals surface area contributed by atoms with Crippen LogP contribution in [0.1, 0.15) is 41.0 Å². The molecule has 0 spiro atoms. The second-order valence-electron chi connectivity index (χ2n) is 8.65. The molecule has 1 unspecified atom stereocenters. The van der Waals surface area contributed by atoms with E-state index in [0.29, 0.717) is 10.6 Å². The average molecular weight is 380 g/mol. The number of carbonyl (C=O) groups excluding carboxylic acids is 1. The van der Waals surface area contributed by atoms with Crippen LogP contribution in [0.25, 0.3) is 0 Å². The molecule has 2 aromatic rings. The molecule has 1 aliphatic carbocycles. The highest BCUT2D eigenvalue weighted by molar-refractivity contribution is 7.93. The van der Waals surface area contributed by atoms with Crippen molar-refractivity contribution >= 4 is 23.3 Å². The lowest BCUT2D eigenvalue weighted by molar-refractivity contribution is -0.129. The average Bonchev–Trinajstić information content (AvgIpc) is 2.65. The Morgan fingerprint density at radius 1 is 0.926 bits per heavy atom. The first-order valence-electron chi connectivity index (χ1n) is 9.57. The summed E-state index contributed by atoms with van der Waals surface area (Å²) in [6.07, 6.45) is 3.02. The molecule has 0 heterocycles. The van der Waals surface area contributed by atoms with Crippen molar-refractivity contribution in [1.29, 1.82) is 0 Å². The van der Waals surface area contributed by atoms with Gasteiger partial charge in [0.15, 0.2) is 0 Å². The summed E-state index contributed by atoms with van der Waals surface area (Å²) in [6, 6.07) is 18.6. The fourth-order valence-corrected chi connectivity index (χ4v) is 7.73. The lowest BCUT2D eigenvalue weighted by atomic mass is 9.56. The first kappa shape index (κ1) is 19.8. The predicted molar refractivity (Wildman–Crippen MR) is 114 cm³/mol. The Kier molecular flexibility index (Phi) is 5.08. The van der Waals surface area contributed by atoms with Crippen LogP contribution >= 0.6 is 7.14 Å². The topological polar surface area (TPSA) is 34.1 Å². The second-order valence-corrected chi connectivity index (χ2v) is 11.3. The van der Waals surface area contributed by atoms with E-state index in [0.717, 1.165) is 6.42 Å². The van der Waals surface area contributed by atoms with Crippen LogP contribution in [0.4, 0.5) is 0 Å². The molecule has 1 aliphatic rings. The third-order valence-corrected chi connectivity index (χ3v) is 9.63. The maximum atomic E-state index is 14.6. The fraction of sp³-hybridized carbons (Fsp3) is 0.375. The normalized spacial score (nSPS) is 24.9.